The summed E-state index contributed by atoms with van der Waals surface area (Å²) in [5.74, 6) is 0.142. The molecule has 0 unspecified atom stereocenters. The van der Waals surface area contributed by atoms with Gasteiger partial charge < -0.3 is 10.5 Å². The van der Waals surface area contributed by atoms with Crippen molar-refractivity contribution in [2.75, 3.05) is 5.73 Å². The first-order chi connectivity index (χ1) is 7.99. The van der Waals surface area contributed by atoms with E-state index in [4.69, 9.17) is 10.5 Å². The van der Waals surface area contributed by atoms with Gasteiger partial charge in [-0.1, -0.05) is 20.8 Å². The average molecular weight is 253 g/mol. The first-order valence-electron chi connectivity index (χ1n) is 6.05. The van der Waals surface area contributed by atoms with E-state index in [9.17, 15) is 4.79 Å². The van der Waals surface area contributed by atoms with Gasteiger partial charge in [0.1, 0.15) is 18.0 Å². The SMILES string of the molecule is CC(C)(C)OC(=O)Cn1nc(C(C)(C)C)cc1N. The van der Waals surface area contributed by atoms with Crippen molar-refractivity contribution < 1.29 is 9.53 Å². The van der Waals surface area contributed by atoms with E-state index in [1.54, 1.807) is 6.07 Å². The van der Waals surface area contributed by atoms with E-state index in [-0.39, 0.29) is 17.9 Å². The predicted octanol–water partition coefficient (Wildman–Crippen LogP) is 2.10. The zero-order valence-electron chi connectivity index (χ0n) is 12.1. The number of rotatable bonds is 2. The largest absolute Gasteiger partial charge is 0.459 e. The topological polar surface area (TPSA) is 70.1 Å². The Bertz CT molecular complexity index is 436. The lowest BCUT2D eigenvalue weighted by Crippen LogP contribution is -2.27. The monoisotopic (exact) mass is 253 g/mol. The van der Waals surface area contributed by atoms with Gasteiger partial charge in [0.15, 0.2) is 0 Å². The van der Waals surface area contributed by atoms with Crippen LogP contribution in [0.5, 0.6) is 0 Å². The number of nitrogens with two attached hydrogens (primary N) is 1. The Labute approximate surface area is 108 Å². The van der Waals surface area contributed by atoms with Crippen molar-refractivity contribution in [1.29, 1.82) is 0 Å². The summed E-state index contributed by atoms with van der Waals surface area (Å²) >= 11 is 0. The molecule has 0 saturated carbocycles. The molecule has 1 rings (SSSR count). The van der Waals surface area contributed by atoms with E-state index >= 15 is 0 Å². The van der Waals surface area contributed by atoms with Gasteiger partial charge in [0.25, 0.3) is 0 Å². The number of hydrogen-bond donors (Lipinski definition) is 1. The second-order valence-electron chi connectivity index (χ2n) is 6.45. The molecule has 0 aliphatic carbocycles. The minimum Gasteiger partial charge on any atom is -0.459 e. The number of carbonyl (C=O) groups excluding carboxylic acids is 1. The molecule has 0 aliphatic rings. The second kappa shape index (κ2) is 4.63. The zero-order valence-corrected chi connectivity index (χ0v) is 12.1. The zero-order chi connectivity index (χ0) is 14.1. The van der Waals surface area contributed by atoms with Crippen LogP contribution in [-0.4, -0.2) is 21.4 Å². The lowest BCUT2D eigenvalue weighted by atomic mass is 9.92. The van der Waals surface area contributed by atoms with Gasteiger partial charge in [0.2, 0.25) is 0 Å². The Morgan fingerprint density at radius 2 is 1.89 bits per heavy atom. The van der Waals surface area contributed by atoms with E-state index in [2.05, 4.69) is 5.10 Å². The molecule has 102 valence electrons. The van der Waals surface area contributed by atoms with Crippen LogP contribution in [0.2, 0.25) is 0 Å². The van der Waals surface area contributed by atoms with Crippen molar-refractivity contribution in [2.24, 2.45) is 0 Å². The van der Waals surface area contributed by atoms with Gasteiger partial charge >= 0.3 is 5.97 Å². The van der Waals surface area contributed by atoms with Gasteiger partial charge in [0, 0.05) is 11.5 Å². The highest BCUT2D eigenvalue weighted by Gasteiger charge is 2.21. The first kappa shape index (κ1) is 14.5. The maximum Gasteiger partial charge on any atom is 0.328 e. The third-order valence-electron chi connectivity index (χ3n) is 2.28. The Balaban J connectivity index is 2.80. The van der Waals surface area contributed by atoms with Crippen molar-refractivity contribution in [2.45, 2.75) is 59.1 Å². The molecule has 0 atom stereocenters. The third kappa shape index (κ3) is 4.05. The fourth-order valence-corrected chi connectivity index (χ4v) is 1.42. The number of anilines is 1. The molecule has 0 radical (unpaired) electrons. The van der Waals surface area contributed by atoms with E-state index in [1.165, 1.54) is 4.68 Å². The standard InChI is InChI=1S/C13H23N3O2/c1-12(2,3)9-7-10(14)16(15-9)8-11(17)18-13(4,5)6/h7H,8,14H2,1-6H3. The first-order valence-corrected chi connectivity index (χ1v) is 6.05. The molecule has 1 aromatic heterocycles. The van der Waals surface area contributed by atoms with Crippen LogP contribution in [0, 0.1) is 0 Å². The number of esters is 1. The van der Waals surface area contributed by atoms with Crippen LogP contribution in [0.15, 0.2) is 6.07 Å². The molecule has 0 spiro atoms. The van der Waals surface area contributed by atoms with Gasteiger partial charge in [-0.05, 0) is 20.8 Å². The average Bonchev–Trinajstić information content (AvgIpc) is 2.43. The van der Waals surface area contributed by atoms with E-state index in [1.807, 2.05) is 41.5 Å². The molecular weight excluding hydrogens is 230 g/mol. The van der Waals surface area contributed by atoms with Crippen LogP contribution in [0.1, 0.15) is 47.2 Å². The van der Waals surface area contributed by atoms with Gasteiger partial charge in [-0.2, -0.15) is 5.10 Å². The Hall–Kier alpha value is -1.52. The van der Waals surface area contributed by atoms with Crippen LogP contribution < -0.4 is 5.73 Å². The minimum atomic E-state index is -0.494. The Morgan fingerprint density at radius 1 is 1.33 bits per heavy atom. The highest BCUT2D eigenvalue weighted by atomic mass is 16.6. The van der Waals surface area contributed by atoms with Crippen molar-refractivity contribution in [3.05, 3.63) is 11.8 Å². The molecule has 5 nitrogen and oxygen atoms in total. The molecule has 5 heteroatoms. The number of carbonyl (C=O) groups is 1. The van der Waals surface area contributed by atoms with Gasteiger partial charge in [0.05, 0.1) is 5.69 Å². The van der Waals surface area contributed by atoms with E-state index in [0.717, 1.165) is 5.69 Å². The van der Waals surface area contributed by atoms with Crippen LogP contribution in [0.3, 0.4) is 0 Å². The van der Waals surface area contributed by atoms with Crippen molar-refractivity contribution in [3.8, 4) is 0 Å². The van der Waals surface area contributed by atoms with Crippen LogP contribution in [0.4, 0.5) is 5.82 Å². The molecule has 0 amide bonds. The summed E-state index contributed by atoms with van der Waals surface area (Å²) in [4.78, 5) is 11.7. The summed E-state index contributed by atoms with van der Waals surface area (Å²) in [5.41, 5.74) is 6.12. The van der Waals surface area contributed by atoms with Crippen molar-refractivity contribution >= 4 is 11.8 Å². The van der Waals surface area contributed by atoms with Crippen LogP contribution in [0.25, 0.3) is 0 Å². The van der Waals surface area contributed by atoms with Crippen molar-refractivity contribution in [3.63, 3.8) is 0 Å². The quantitative estimate of drug-likeness (QED) is 0.819. The molecule has 0 aliphatic heterocycles. The number of nitrogen functional groups attached to an aromatic ring is 1. The molecule has 1 aromatic rings. The Morgan fingerprint density at radius 3 is 2.28 bits per heavy atom. The number of aromatic nitrogens is 2. The van der Waals surface area contributed by atoms with Gasteiger partial charge in [-0.15, -0.1) is 0 Å². The molecule has 0 bridgehead atoms. The Kier molecular flexibility index (Phi) is 3.74. The van der Waals surface area contributed by atoms with Crippen molar-refractivity contribution in [1.82, 2.24) is 9.78 Å². The van der Waals surface area contributed by atoms with Gasteiger partial charge in [-0.3, -0.25) is 4.79 Å². The highest BCUT2D eigenvalue weighted by molar-refractivity contribution is 5.70. The fourth-order valence-electron chi connectivity index (χ4n) is 1.42. The normalized spacial score (nSPS) is 12.6. The minimum absolute atomic E-state index is 0.0409. The second-order valence-corrected chi connectivity index (χ2v) is 6.45. The molecule has 18 heavy (non-hydrogen) atoms. The van der Waals surface area contributed by atoms with Crippen LogP contribution in [-0.2, 0) is 21.5 Å². The number of nitrogens with zero attached hydrogens (tertiary/aromatic N) is 2. The molecule has 0 saturated heterocycles. The molecular formula is C13H23N3O2. The predicted molar refractivity (Wildman–Crippen MR) is 71.2 cm³/mol. The third-order valence-corrected chi connectivity index (χ3v) is 2.28. The van der Waals surface area contributed by atoms with Gasteiger partial charge in [-0.25, -0.2) is 4.68 Å². The fraction of sp³-hybridized carbons (Fsp3) is 0.692. The highest BCUT2D eigenvalue weighted by Crippen LogP contribution is 2.22. The summed E-state index contributed by atoms with van der Waals surface area (Å²) < 4.78 is 6.72. The maximum absolute atomic E-state index is 11.7. The summed E-state index contributed by atoms with van der Waals surface area (Å²) in [7, 11) is 0. The summed E-state index contributed by atoms with van der Waals surface area (Å²) in [5, 5.41) is 4.34. The lowest BCUT2D eigenvalue weighted by Gasteiger charge is -2.19. The molecule has 0 aromatic carbocycles. The lowest BCUT2D eigenvalue weighted by molar-refractivity contribution is -0.155. The van der Waals surface area contributed by atoms with E-state index in [0.29, 0.717) is 5.82 Å². The summed E-state index contributed by atoms with van der Waals surface area (Å²) in [6.45, 7) is 11.7. The number of ether oxygens (including phenoxy) is 1. The molecule has 0 fully saturated rings. The maximum atomic E-state index is 11.7. The van der Waals surface area contributed by atoms with Crippen LogP contribution >= 0.6 is 0 Å². The smallest absolute Gasteiger partial charge is 0.328 e. The molecule has 2 N–H and O–H groups in total. The van der Waals surface area contributed by atoms with E-state index < -0.39 is 5.60 Å². The number of hydrogen-bond acceptors (Lipinski definition) is 4. The molecule has 1 heterocycles. The summed E-state index contributed by atoms with van der Waals surface area (Å²) in [6, 6.07) is 1.80. The summed E-state index contributed by atoms with van der Waals surface area (Å²) in [6.07, 6.45) is 0.